The number of sulfonamides is 1. The highest BCUT2D eigenvalue weighted by Gasteiger charge is 2.32. The monoisotopic (exact) mass is 433 g/mol. The molecule has 3 heterocycles. The van der Waals surface area contributed by atoms with Gasteiger partial charge in [-0.1, -0.05) is 11.6 Å². The Labute approximate surface area is 176 Å². The maximum Gasteiger partial charge on any atom is 0.258 e. The summed E-state index contributed by atoms with van der Waals surface area (Å²) < 4.78 is 26.4. The van der Waals surface area contributed by atoms with E-state index in [9.17, 15) is 13.2 Å². The minimum atomic E-state index is -3.21. The second-order valence-electron chi connectivity index (χ2n) is 7.94. The van der Waals surface area contributed by atoms with Gasteiger partial charge in [-0.25, -0.2) is 12.7 Å². The number of hydrogen-bond donors (Lipinski definition) is 0. The number of nitrogens with zero attached hydrogens (tertiary/aromatic N) is 3. The number of anilines is 1. The molecule has 8 heteroatoms. The lowest BCUT2D eigenvalue weighted by atomic mass is 9.91. The van der Waals surface area contributed by atoms with Crippen LogP contribution in [-0.4, -0.2) is 42.0 Å². The third kappa shape index (κ3) is 3.79. The largest absolute Gasteiger partial charge is 0.302 e. The van der Waals surface area contributed by atoms with E-state index in [0.29, 0.717) is 30.2 Å². The number of pyridine rings is 1. The average Bonchev–Trinajstić information content (AvgIpc) is 3.03. The van der Waals surface area contributed by atoms with Crippen LogP contribution in [0.3, 0.4) is 0 Å². The van der Waals surface area contributed by atoms with Gasteiger partial charge < -0.3 is 4.90 Å². The number of benzene rings is 1. The van der Waals surface area contributed by atoms with E-state index in [4.69, 9.17) is 11.6 Å². The fraction of sp³-hybridized carbons (Fsp3) is 0.429. The molecule has 0 radical (unpaired) electrons. The van der Waals surface area contributed by atoms with E-state index in [1.807, 2.05) is 18.3 Å². The fourth-order valence-corrected chi connectivity index (χ4v) is 5.57. The van der Waals surface area contributed by atoms with Gasteiger partial charge in [0.1, 0.15) is 0 Å². The number of rotatable bonds is 4. The highest BCUT2D eigenvalue weighted by Crippen LogP contribution is 2.34. The van der Waals surface area contributed by atoms with Gasteiger partial charge in [-0.2, -0.15) is 0 Å². The van der Waals surface area contributed by atoms with E-state index >= 15 is 0 Å². The predicted molar refractivity (Wildman–Crippen MR) is 114 cm³/mol. The minimum absolute atomic E-state index is 0.0477. The third-order valence-corrected chi connectivity index (χ3v) is 8.32. The van der Waals surface area contributed by atoms with Crippen molar-refractivity contribution in [3.8, 4) is 0 Å². The number of hydrogen-bond acceptors (Lipinski definition) is 4. The van der Waals surface area contributed by atoms with E-state index in [1.54, 1.807) is 41.4 Å². The molecule has 2 aromatic rings. The molecule has 29 heavy (non-hydrogen) atoms. The first-order valence-corrected chi connectivity index (χ1v) is 11.7. The Bertz CT molecular complexity index is 1050. The molecule has 1 amide bonds. The van der Waals surface area contributed by atoms with Gasteiger partial charge >= 0.3 is 0 Å². The van der Waals surface area contributed by atoms with Crippen molar-refractivity contribution in [1.82, 2.24) is 9.29 Å². The number of carbonyl (C=O) groups is 1. The van der Waals surface area contributed by atoms with Crippen LogP contribution in [0, 0.1) is 0 Å². The van der Waals surface area contributed by atoms with Crippen molar-refractivity contribution < 1.29 is 13.2 Å². The zero-order chi connectivity index (χ0) is 20.8. The first-order chi connectivity index (χ1) is 13.8. The van der Waals surface area contributed by atoms with Crippen LogP contribution in [-0.2, 0) is 16.6 Å². The zero-order valence-corrected chi connectivity index (χ0v) is 18.1. The van der Waals surface area contributed by atoms with Crippen molar-refractivity contribution >= 4 is 33.2 Å². The lowest BCUT2D eigenvalue weighted by Gasteiger charge is -2.32. The standard InChI is InChI=1S/C21H24ClN3O3S/c1-14(2)29(27,28)24-7-5-15(6-8-24)16-10-19(12-23-11-16)25-13-17-9-18(22)3-4-20(17)21(25)26/h3-4,9-12,14-15H,5-8,13H2,1-2H3. The molecular formula is C21H24ClN3O3S. The topological polar surface area (TPSA) is 70.6 Å². The molecule has 0 N–H and O–H groups in total. The first-order valence-electron chi connectivity index (χ1n) is 9.81. The Kier molecular flexibility index (Phi) is 5.40. The number of amides is 1. The summed E-state index contributed by atoms with van der Waals surface area (Å²) in [7, 11) is -3.21. The van der Waals surface area contributed by atoms with E-state index in [1.165, 1.54) is 0 Å². The van der Waals surface area contributed by atoms with Gasteiger partial charge in [0.15, 0.2) is 0 Å². The Morgan fingerprint density at radius 2 is 1.86 bits per heavy atom. The molecule has 1 aromatic carbocycles. The first kappa shape index (κ1) is 20.3. The summed E-state index contributed by atoms with van der Waals surface area (Å²) >= 11 is 6.07. The molecule has 1 saturated heterocycles. The third-order valence-electron chi connectivity index (χ3n) is 5.81. The molecule has 2 aliphatic heterocycles. The molecule has 1 aromatic heterocycles. The van der Waals surface area contributed by atoms with Crippen LogP contribution in [0.25, 0.3) is 0 Å². The van der Waals surface area contributed by atoms with Gasteiger partial charge in [0, 0.05) is 29.9 Å². The summed E-state index contributed by atoms with van der Waals surface area (Å²) in [6.45, 7) is 4.94. The minimum Gasteiger partial charge on any atom is -0.302 e. The fourth-order valence-electron chi connectivity index (χ4n) is 4.06. The van der Waals surface area contributed by atoms with E-state index in [0.717, 1.165) is 29.7 Å². The van der Waals surface area contributed by atoms with Crippen molar-refractivity contribution in [2.24, 2.45) is 0 Å². The SMILES string of the molecule is CC(C)S(=O)(=O)N1CCC(c2cncc(N3Cc4cc(Cl)ccc4C3=O)c2)CC1. The van der Waals surface area contributed by atoms with Crippen molar-refractivity contribution in [3.05, 3.63) is 58.4 Å². The average molecular weight is 434 g/mol. The molecule has 4 rings (SSSR count). The Morgan fingerprint density at radius 3 is 2.55 bits per heavy atom. The van der Waals surface area contributed by atoms with Gasteiger partial charge in [-0.05, 0) is 68.0 Å². The lowest BCUT2D eigenvalue weighted by molar-refractivity contribution is 0.0996. The van der Waals surface area contributed by atoms with Gasteiger partial charge in [0.25, 0.3) is 5.91 Å². The number of piperidine rings is 1. The molecule has 0 bridgehead atoms. The van der Waals surface area contributed by atoms with Crippen LogP contribution in [0.1, 0.15) is 54.1 Å². The van der Waals surface area contributed by atoms with Crippen LogP contribution in [0.5, 0.6) is 0 Å². The van der Waals surface area contributed by atoms with Gasteiger partial charge in [0.05, 0.1) is 23.7 Å². The smallest absolute Gasteiger partial charge is 0.258 e. The van der Waals surface area contributed by atoms with E-state index in [2.05, 4.69) is 4.98 Å². The lowest BCUT2D eigenvalue weighted by Crippen LogP contribution is -2.41. The second-order valence-corrected chi connectivity index (χ2v) is 10.9. The molecular weight excluding hydrogens is 410 g/mol. The highest BCUT2D eigenvalue weighted by atomic mass is 35.5. The van der Waals surface area contributed by atoms with Crippen LogP contribution >= 0.6 is 11.6 Å². The molecule has 6 nitrogen and oxygen atoms in total. The van der Waals surface area contributed by atoms with Gasteiger partial charge in [-0.15, -0.1) is 0 Å². The summed E-state index contributed by atoms with van der Waals surface area (Å²) in [6.07, 6.45) is 5.03. The Morgan fingerprint density at radius 1 is 1.14 bits per heavy atom. The Balaban J connectivity index is 1.50. The zero-order valence-electron chi connectivity index (χ0n) is 16.5. The van der Waals surface area contributed by atoms with Gasteiger partial charge in [0.2, 0.25) is 10.0 Å². The highest BCUT2D eigenvalue weighted by molar-refractivity contribution is 7.89. The number of carbonyl (C=O) groups excluding carboxylic acids is 1. The Hall–Kier alpha value is -1.96. The maximum absolute atomic E-state index is 12.8. The predicted octanol–water partition coefficient (Wildman–Crippen LogP) is 3.81. The van der Waals surface area contributed by atoms with Crippen molar-refractivity contribution in [3.63, 3.8) is 0 Å². The number of aromatic nitrogens is 1. The number of halogens is 1. The molecule has 1 fully saturated rings. The molecule has 154 valence electrons. The summed E-state index contributed by atoms with van der Waals surface area (Å²) in [5.74, 6) is 0.184. The maximum atomic E-state index is 12.8. The summed E-state index contributed by atoms with van der Waals surface area (Å²) in [5.41, 5.74) is 3.40. The normalized spacial score (nSPS) is 18.5. The summed E-state index contributed by atoms with van der Waals surface area (Å²) in [4.78, 5) is 18.9. The second kappa shape index (κ2) is 7.70. The van der Waals surface area contributed by atoms with Crippen molar-refractivity contribution in [2.75, 3.05) is 18.0 Å². The molecule has 0 atom stereocenters. The number of fused-ring (bicyclic) bond motifs is 1. The van der Waals surface area contributed by atoms with Crippen LogP contribution in [0.2, 0.25) is 5.02 Å². The summed E-state index contributed by atoms with van der Waals surface area (Å²) in [5, 5.41) is 0.216. The molecule has 0 aliphatic carbocycles. The van der Waals surface area contributed by atoms with Crippen molar-refractivity contribution in [2.45, 2.75) is 44.4 Å². The molecule has 2 aliphatic rings. The molecule has 0 saturated carbocycles. The van der Waals surface area contributed by atoms with Crippen LogP contribution in [0.4, 0.5) is 5.69 Å². The van der Waals surface area contributed by atoms with Crippen LogP contribution < -0.4 is 4.90 Å². The van der Waals surface area contributed by atoms with Gasteiger partial charge in [-0.3, -0.25) is 9.78 Å². The molecule has 0 spiro atoms. The van der Waals surface area contributed by atoms with Crippen molar-refractivity contribution in [1.29, 1.82) is 0 Å². The van der Waals surface area contributed by atoms with Crippen LogP contribution in [0.15, 0.2) is 36.7 Å². The molecule has 0 unspecified atom stereocenters. The summed E-state index contributed by atoms with van der Waals surface area (Å²) in [6, 6.07) is 7.34. The van der Waals surface area contributed by atoms with E-state index in [-0.39, 0.29) is 11.8 Å². The van der Waals surface area contributed by atoms with E-state index < -0.39 is 15.3 Å². The quantitative estimate of drug-likeness (QED) is 0.735.